The Kier molecular flexibility index (Phi) is 5.49. The third-order valence-corrected chi connectivity index (χ3v) is 6.66. The largest absolute Gasteiger partial charge is 0.396 e. The van der Waals surface area contributed by atoms with Gasteiger partial charge in [0.05, 0.1) is 4.90 Å². The van der Waals surface area contributed by atoms with Crippen molar-refractivity contribution >= 4 is 21.6 Å². The monoisotopic (exact) mass is 379 g/mol. The van der Waals surface area contributed by atoms with Crippen molar-refractivity contribution in [2.45, 2.75) is 30.1 Å². The summed E-state index contributed by atoms with van der Waals surface area (Å²) in [4.78, 5) is 0.214. The van der Waals surface area contributed by atoms with Gasteiger partial charge in [-0.25, -0.2) is 13.1 Å². The molecule has 0 saturated heterocycles. The molecule has 25 heavy (non-hydrogen) atoms. The lowest BCUT2D eigenvalue weighted by atomic mass is 9.81. The van der Waals surface area contributed by atoms with E-state index in [0.29, 0.717) is 18.0 Å². The van der Waals surface area contributed by atoms with Crippen LogP contribution in [-0.2, 0) is 10.0 Å². The summed E-state index contributed by atoms with van der Waals surface area (Å²) in [6.45, 7) is 0.461. The summed E-state index contributed by atoms with van der Waals surface area (Å²) in [5, 5.41) is 9.97. The van der Waals surface area contributed by atoms with Gasteiger partial charge in [0.1, 0.15) is 0 Å². The molecule has 0 aliphatic heterocycles. The first-order valence-corrected chi connectivity index (χ1v) is 10.2. The Morgan fingerprint density at radius 2 is 1.72 bits per heavy atom. The number of hydrogen-bond donors (Lipinski definition) is 2. The number of hydrogen-bond acceptors (Lipinski definition) is 3. The van der Waals surface area contributed by atoms with Crippen molar-refractivity contribution in [2.24, 2.45) is 5.41 Å². The quantitative estimate of drug-likeness (QED) is 0.736. The molecule has 2 aromatic rings. The van der Waals surface area contributed by atoms with Crippen LogP contribution in [0.4, 0.5) is 0 Å². The molecule has 0 spiro atoms. The van der Waals surface area contributed by atoms with E-state index in [9.17, 15) is 13.5 Å². The van der Waals surface area contributed by atoms with Crippen LogP contribution in [0.5, 0.6) is 0 Å². The normalized spacial score (nSPS) is 17.2. The van der Waals surface area contributed by atoms with Crippen LogP contribution in [0.2, 0.25) is 5.02 Å². The zero-order valence-electron chi connectivity index (χ0n) is 13.9. The SMILES string of the molecule is O=S(=O)(NCC1(C(CCO)c2ccccc2)CC1)c1ccc(Cl)cc1. The van der Waals surface area contributed by atoms with E-state index in [4.69, 9.17) is 11.6 Å². The van der Waals surface area contributed by atoms with Crippen LogP contribution in [0.3, 0.4) is 0 Å². The highest BCUT2D eigenvalue weighted by Gasteiger charge is 2.49. The van der Waals surface area contributed by atoms with Crippen LogP contribution >= 0.6 is 11.6 Å². The van der Waals surface area contributed by atoms with Gasteiger partial charge < -0.3 is 5.11 Å². The number of halogens is 1. The molecule has 1 fully saturated rings. The smallest absolute Gasteiger partial charge is 0.240 e. The molecule has 0 amide bonds. The van der Waals surface area contributed by atoms with Gasteiger partial charge >= 0.3 is 0 Å². The number of aliphatic hydroxyl groups excluding tert-OH is 1. The molecule has 4 nitrogen and oxygen atoms in total. The first kappa shape index (κ1) is 18.4. The Bertz CT molecular complexity index is 802. The van der Waals surface area contributed by atoms with E-state index >= 15 is 0 Å². The summed E-state index contributed by atoms with van der Waals surface area (Å²) in [6, 6.07) is 16.2. The maximum absolute atomic E-state index is 12.5. The lowest BCUT2D eigenvalue weighted by Gasteiger charge is -2.27. The lowest BCUT2D eigenvalue weighted by Crippen LogP contribution is -2.33. The van der Waals surface area contributed by atoms with Crippen LogP contribution in [0.25, 0.3) is 0 Å². The number of nitrogens with one attached hydrogen (secondary N) is 1. The highest BCUT2D eigenvalue weighted by molar-refractivity contribution is 7.89. The van der Waals surface area contributed by atoms with Gasteiger partial charge in [-0.05, 0) is 60.4 Å². The molecule has 134 valence electrons. The van der Waals surface area contributed by atoms with Crippen molar-refractivity contribution in [2.75, 3.05) is 13.2 Å². The van der Waals surface area contributed by atoms with Crippen molar-refractivity contribution in [3.05, 3.63) is 65.2 Å². The van der Waals surface area contributed by atoms with Crippen molar-refractivity contribution in [1.82, 2.24) is 4.72 Å². The van der Waals surface area contributed by atoms with Crippen LogP contribution in [0.1, 0.15) is 30.7 Å². The zero-order chi connectivity index (χ0) is 17.9. The number of sulfonamides is 1. The van der Waals surface area contributed by atoms with Gasteiger partial charge in [-0.15, -0.1) is 0 Å². The summed E-state index contributed by atoms with van der Waals surface area (Å²) < 4.78 is 27.8. The van der Waals surface area contributed by atoms with Crippen molar-refractivity contribution in [3.8, 4) is 0 Å². The molecular formula is C19H22ClNO3S. The summed E-state index contributed by atoms with van der Waals surface area (Å²) in [5.41, 5.74) is 1.03. The Hall–Kier alpha value is -1.40. The van der Waals surface area contributed by atoms with E-state index in [1.165, 1.54) is 12.1 Å². The molecule has 0 radical (unpaired) electrons. The predicted molar refractivity (Wildman–Crippen MR) is 99.2 cm³/mol. The maximum Gasteiger partial charge on any atom is 0.240 e. The molecule has 2 N–H and O–H groups in total. The molecular weight excluding hydrogens is 358 g/mol. The summed E-state index contributed by atoms with van der Waals surface area (Å²) in [5.74, 6) is 0.145. The van der Waals surface area contributed by atoms with E-state index in [2.05, 4.69) is 4.72 Å². The van der Waals surface area contributed by atoms with Crippen LogP contribution < -0.4 is 4.72 Å². The van der Waals surface area contributed by atoms with E-state index in [1.807, 2.05) is 30.3 Å². The van der Waals surface area contributed by atoms with Gasteiger partial charge in [0.2, 0.25) is 10.0 Å². The molecule has 0 bridgehead atoms. The standard InChI is InChI=1S/C19H22ClNO3S/c20-16-6-8-17(9-7-16)25(23,24)21-14-19(11-12-19)18(10-13-22)15-4-2-1-3-5-15/h1-9,18,21-22H,10-14H2. The predicted octanol–water partition coefficient (Wildman–Crippen LogP) is 3.56. The van der Waals surface area contributed by atoms with Gasteiger partial charge in [0, 0.05) is 18.2 Å². The number of rotatable bonds is 8. The van der Waals surface area contributed by atoms with E-state index in [1.54, 1.807) is 12.1 Å². The molecule has 1 aliphatic carbocycles. The average Bonchev–Trinajstić information content (AvgIpc) is 3.40. The number of benzene rings is 2. The highest BCUT2D eigenvalue weighted by atomic mass is 35.5. The molecule has 1 atom stereocenters. The molecule has 6 heteroatoms. The molecule has 1 unspecified atom stereocenters. The first-order valence-electron chi connectivity index (χ1n) is 8.38. The maximum atomic E-state index is 12.5. The Balaban J connectivity index is 1.75. The minimum atomic E-state index is -3.57. The number of aliphatic hydroxyl groups is 1. The van der Waals surface area contributed by atoms with Crippen molar-refractivity contribution in [1.29, 1.82) is 0 Å². The third kappa shape index (κ3) is 4.23. The average molecular weight is 380 g/mol. The van der Waals surface area contributed by atoms with Crippen molar-refractivity contribution < 1.29 is 13.5 Å². The minimum absolute atomic E-state index is 0.0885. The third-order valence-electron chi connectivity index (χ3n) is 4.99. The molecule has 3 rings (SSSR count). The van der Waals surface area contributed by atoms with Crippen LogP contribution in [0.15, 0.2) is 59.5 Å². The second-order valence-corrected chi connectivity index (χ2v) is 8.82. The van der Waals surface area contributed by atoms with Gasteiger partial charge in [-0.2, -0.15) is 0 Å². The Morgan fingerprint density at radius 1 is 1.08 bits per heavy atom. The molecule has 0 aromatic heterocycles. The van der Waals surface area contributed by atoms with Gasteiger partial charge in [-0.3, -0.25) is 0 Å². The minimum Gasteiger partial charge on any atom is -0.396 e. The Morgan fingerprint density at radius 3 is 2.28 bits per heavy atom. The molecule has 0 heterocycles. The van der Waals surface area contributed by atoms with Crippen molar-refractivity contribution in [3.63, 3.8) is 0 Å². The van der Waals surface area contributed by atoms with Gasteiger partial charge in [0.15, 0.2) is 0 Å². The lowest BCUT2D eigenvalue weighted by molar-refractivity contribution is 0.246. The molecule has 1 aliphatic rings. The fraction of sp³-hybridized carbons (Fsp3) is 0.368. The second kappa shape index (κ2) is 7.46. The fourth-order valence-corrected chi connectivity index (χ4v) is 4.65. The molecule has 2 aromatic carbocycles. The van der Waals surface area contributed by atoms with Crippen LogP contribution in [-0.4, -0.2) is 26.7 Å². The Labute approximate surface area is 153 Å². The van der Waals surface area contributed by atoms with E-state index in [-0.39, 0.29) is 22.8 Å². The fourth-order valence-electron chi connectivity index (χ4n) is 3.39. The second-order valence-electron chi connectivity index (χ2n) is 6.62. The topological polar surface area (TPSA) is 66.4 Å². The van der Waals surface area contributed by atoms with Crippen LogP contribution in [0, 0.1) is 5.41 Å². The zero-order valence-corrected chi connectivity index (χ0v) is 15.4. The van der Waals surface area contributed by atoms with Gasteiger partial charge in [-0.1, -0.05) is 41.9 Å². The molecule has 1 saturated carbocycles. The highest BCUT2D eigenvalue weighted by Crippen LogP contribution is 2.57. The van der Waals surface area contributed by atoms with E-state index in [0.717, 1.165) is 18.4 Å². The first-order chi connectivity index (χ1) is 12.0. The summed E-state index contributed by atoms with van der Waals surface area (Å²) in [6.07, 6.45) is 2.54. The summed E-state index contributed by atoms with van der Waals surface area (Å²) in [7, 11) is -3.57. The van der Waals surface area contributed by atoms with E-state index < -0.39 is 10.0 Å². The van der Waals surface area contributed by atoms with Gasteiger partial charge in [0.25, 0.3) is 0 Å². The summed E-state index contributed by atoms with van der Waals surface area (Å²) >= 11 is 5.83.